The molecule has 7 heteroatoms. The summed E-state index contributed by atoms with van der Waals surface area (Å²) >= 11 is 5.84. The van der Waals surface area contributed by atoms with Crippen LogP contribution < -0.4 is 19.7 Å². The molecule has 0 unspecified atom stereocenters. The Morgan fingerprint density at radius 3 is 2.30 bits per heavy atom. The number of ether oxygens (including phenoxy) is 2. The van der Waals surface area contributed by atoms with Crippen molar-refractivity contribution in [3.05, 3.63) is 53.1 Å². The maximum absolute atomic E-state index is 12.1. The lowest BCUT2D eigenvalue weighted by Gasteiger charge is -2.22. The standard InChI is InChI=1S/C20H23ClN2O4/c1-14(24)23(17-8-9-18(26-2)19(13-17)27-3)11-10-22-20(25)12-15-4-6-16(21)7-5-15/h4-9,13H,10-12H2,1-3H3,(H,22,25). The quantitative estimate of drug-likeness (QED) is 0.752. The van der Waals surface area contributed by atoms with E-state index in [-0.39, 0.29) is 18.2 Å². The molecule has 0 heterocycles. The first-order valence-electron chi connectivity index (χ1n) is 8.46. The first-order chi connectivity index (χ1) is 12.9. The SMILES string of the molecule is COc1ccc(N(CCNC(=O)Cc2ccc(Cl)cc2)C(C)=O)cc1OC. The Kier molecular flexibility index (Phi) is 7.49. The van der Waals surface area contributed by atoms with Gasteiger partial charge in [-0.15, -0.1) is 0 Å². The summed E-state index contributed by atoms with van der Waals surface area (Å²) in [6.07, 6.45) is 0.258. The van der Waals surface area contributed by atoms with E-state index in [1.165, 1.54) is 14.0 Å². The minimum Gasteiger partial charge on any atom is -0.493 e. The number of methoxy groups -OCH3 is 2. The fraction of sp³-hybridized carbons (Fsp3) is 0.300. The van der Waals surface area contributed by atoms with Crippen molar-refractivity contribution in [1.82, 2.24) is 5.32 Å². The molecule has 2 amide bonds. The van der Waals surface area contributed by atoms with Gasteiger partial charge < -0.3 is 19.7 Å². The van der Waals surface area contributed by atoms with Crippen molar-refractivity contribution in [3.63, 3.8) is 0 Å². The van der Waals surface area contributed by atoms with E-state index < -0.39 is 0 Å². The summed E-state index contributed by atoms with van der Waals surface area (Å²) < 4.78 is 10.5. The van der Waals surface area contributed by atoms with Gasteiger partial charge in [-0.25, -0.2) is 0 Å². The molecule has 144 valence electrons. The molecule has 2 aromatic rings. The lowest BCUT2D eigenvalue weighted by molar-refractivity contribution is -0.121. The number of benzene rings is 2. The van der Waals surface area contributed by atoms with Crippen molar-refractivity contribution in [2.45, 2.75) is 13.3 Å². The number of rotatable bonds is 8. The largest absolute Gasteiger partial charge is 0.493 e. The molecule has 1 N–H and O–H groups in total. The van der Waals surface area contributed by atoms with E-state index in [2.05, 4.69) is 5.32 Å². The van der Waals surface area contributed by atoms with E-state index in [0.717, 1.165) is 5.56 Å². The molecule has 0 aliphatic heterocycles. The van der Waals surface area contributed by atoms with Gasteiger partial charge in [0.05, 0.1) is 20.6 Å². The van der Waals surface area contributed by atoms with E-state index in [1.54, 1.807) is 42.3 Å². The van der Waals surface area contributed by atoms with Gasteiger partial charge in [-0.2, -0.15) is 0 Å². The van der Waals surface area contributed by atoms with Gasteiger partial charge >= 0.3 is 0 Å². The summed E-state index contributed by atoms with van der Waals surface area (Å²) in [4.78, 5) is 25.7. The Bertz CT molecular complexity index is 793. The van der Waals surface area contributed by atoms with Crippen LogP contribution in [-0.2, 0) is 16.0 Å². The number of nitrogens with one attached hydrogen (secondary N) is 1. The zero-order valence-electron chi connectivity index (χ0n) is 15.6. The molecule has 0 aliphatic rings. The third-order valence-corrected chi connectivity index (χ3v) is 4.25. The molecular formula is C20H23ClN2O4. The van der Waals surface area contributed by atoms with Gasteiger partial charge in [0.1, 0.15) is 0 Å². The molecule has 0 spiro atoms. The van der Waals surface area contributed by atoms with Crippen molar-refractivity contribution in [3.8, 4) is 11.5 Å². The number of amides is 2. The lowest BCUT2D eigenvalue weighted by atomic mass is 10.1. The van der Waals surface area contributed by atoms with E-state index >= 15 is 0 Å². The van der Waals surface area contributed by atoms with Crippen molar-refractivity contribution in [1.29, 1.82) is 0 Å². The molecule has 0 radical (unpaired) electrons. The average molecular weight is 391 g/mol. The number of hydrogen-bond acceptors (Lipinski definition) is 4. The van der Waals surface area contributed by atoms with Crippen LogP contribution in [0.4, 0.5) is 5.69 Å². The molecule has 0 atom stereocenters. The monoisotopic (exact) mass is 390 g/mol. The van der Waals surface area contributed by atoms with Gasteiger partial charge in [-0.3, -0.25) is 9.59 Å². The molecule has 27 heavy (non-hydrogen) atoms. The Hall–Kier alpha value is -2.73. The van der Waals surface area contributed by atoms with Crippen LogP contribution in [0.2, 0.25) is 5.02 Å². The number of carbonyl (C=O) groups is 2. The van der Waals surface area contributed by atoms with Crippen molar-refractivity contribution in [2.75, 3.05) is 32.2 Å². The fourth-order valence-corrected chi connectivity index (χ4v) is 2.74. The molecule has 0 fully saturated rings. The fourth-order valence-electron chi connectivity index (χ4n) is 2.62. The average Bonchev–Trinajstić information content (AvgIpc) is 2.66. The molecule has 0 aliphatic carbocycles. The van der Waals surface area contributed by atoms with Crippen molar-refractivity contribution < 1.29 is 19.1 Å². The molecule has 0 saturated carbocycles. The molecular weight excluding hydrogens is 368 g/mol. The zero-order chi connectivity index (χ0) is 19.8. The first kappa shape index (κ1) is 20.6. The number of nitrogens with zero attached hydrogens (tertiary/aromatic N) is 1. The molecule has 6 nitrogen and oxygen atoms in total. The lowest BCUT2D eigenvalue weighted by Crippen LogP contribution is -2.38. The van der Waals surface area contributed by atoms with Crippen LogP contribution in [0.3, 0.4) is 0 Å². The summed E-state index contributed by atoms with van der Waals surface area (Å²) in [7, 11) is 3.09. The van der Waals surface area contributed by atoms with Crippen molar-refractivity contribution >= 4 is 29.1 Å². The predicted octanol–water partition coefficient (Wildman–Crippen LogP) is 3.07. The maximum atomic E-state index is 12.1. The van der Waals surface area contributed by atoms with Gasteiger partial charge in [0.2, 0.25) is 11.8 Å². The van der Waals surface area contributed by atoms with Gasteiger partial charge in [-0.05, 0) is 29.8 Å². The molecule has 0 saturated heterocycles. The second-order valence-electron chi connectivity index (χ2n) is 5.86. The summed E-state index contributed by atoms with van der Waals surface area (Å²) in [5.74, 6) is 0.872. The summed E-state index contributed by atoms with van der Waals surface area (Å²) in [5, 5.41) is 3.46. The summed E-state index contributed by atoms with van der Waals surface area (Å²) in [6.45, 7) is 2.16. The van der Waals surface area contributed by atoms with Gasteiger partial charge in [0.15, 0.2) is 11.5 Å². The molecule has 2 aromatic carbocycles. The smallest absolute Gasteiger partial charge is 0.224 e. The van der Waals surface area contributed by atoms with E-state index in [1.807, 2.05) is 12.1 Å². The van der Waals surface area contributed by atoms with Crippen LogP contribution in [0.5, 0.6) is 11.5 Å². The van der Waals surface area contributed by atoms with Crippen molar-refractivity contribution in [2.24, 2.45) is 0 Å². The Morgan fingerprint density at radius 2 is 1.70 bits per heavy atom. The van der Waals surface area contributed by atoms with E-state index in [0.29, 0.717) is 35.3 Å². The number of hydrogen-bond donors (Lipinski definition) is 1. The number of halogens is 1. The minimum atomic E-state index is -0.130. The maximum Gasteiger partial charge on any atom is 0.224 e. The highest BCUT2D eigenvalue weighted by atomic mass is 35.5. The zero-order valence-corrected chi connectivity index (χ0v) is 16.4. The van der Waals surface area contributed by atoms with Gasteiger partial charge in [0.25, 0.3) is 0 Å². The third kappa shape index (κ3) is 5.89. The minimum absolute atomic E-state index is 0.117. The number of anilines is 1. The summed E-state index contributed by atoms with van der Waals surface area (Å²) in [6, 6.07) is 12.4. The Labute approximate surface area is 164 Å². The number of carbonyl (C=O) groups excluding carboxylic acids is 2. The topological polar surface area (TPSA) is 67.9 Å². The van der Waals surface area contributed by atoms with E-state index in [4.69, 9.17) is 21.1 Å². The first-order valence-corrected chi connectivity index (χ1v) is 8.83. The third-order valence-electron chi connectivity index (χ3n) is 3.99. The second-order valence-corrected chi connectivity index (χ2v) is 6.30. The van der Waals surface area contributed by atoms with Crippen LogP contribution in [0.15, 0.2) is 42.5 Å². The highest BCUT2D eigenvalue weighted by Crippen LogP contribution is 2.31. The van der Waals surface area contributed by atoms with Crippen LogP contribution in [0.1, 0.15) is 12.5 Å². The van der Waals surface area contributed by atoms with Crippen LogP contribution in [0.25, 0.3) is 0 Å². The normalized spacial score (nSPS) is 10.2. The molecule has 2 rings (SSSR count). The Balaban J connectivity index is 1.95. The Morgan fingerprint density at radius 1 is 1.04 bits per heavy atom. The van der Waals surface area contributed by atoms with Gasteiger partial charge in [-0.1, -0.05) is 23.7 Å². The van der Waals surface area contributed by atoms with E-state index in [9.17, 15) is 9.59 Å². The molecule has 0 aromatic heterocycles. The second kappa shape index (κ2) is 9.83. The van der Waals surface area contributed by atoms with Crippen LogP contribution >= 0.6 is 11.6 Å². The highest BCUT2D eigenvalue weighted by molar-refractivity contribution is 6.30. The summed E-state index contributed by atoms with van der Waals surface area (Å²) in [5.41, 5.74) is 1.55. The predicted molar refractivity (Wildman–Crippen MR) is 106 cm³/mol. The van der Waals surface area contributed by atoms with Crippen LogP contribution in [0, 0.1) is 0 Å². The van der Waals surface area contributed by atoms with Gasteiger partial charge in [0, 0.05) is 36.8 Å². The van der Waals surface area contributed by atoms with Crippen LogP contribution in [-0.4, -0.2) is 39.1 Å². The highest BCUT2D eigenvalue weighted by Gasteiger charge is 2.15. The molecule has 0 bridgehead atoms.